The van der Waals surface area contributed by atoms with E-state index in [0.29, 0.717) is 32.1 Å². The second kappa shape index (κ2) is 13.7. The highest BCUT2D eigenvalue weighted by Gasteiger charge is 2.39. The molecule has 1 heterocycles. The number of rotatable bonds is 10. The number of hydrogen-bond donors (Lipinski definition) is 3. The van der Waals surface area contributed by atoms with Crippen molar-refractivity contribution in [1.29, 1.82) is 0 Å². The molecular weight excluding hydrogens is 454 g/mol. The maximum Gasteiger partial charge on any atom is 0.246 e. The summed E-state index contributed by atoms with van der Waals surface area (Å²) in [6, 6.07) is 8.54. The SMILES string of the molecule is CN[C@@H](C)C(=O)N[C@H](C(=O)N1CCN(Cc2ccccc2)C[C@H]1C(=O)NCC1CCCCC1)C(C)C. The van der Waals surface area contributed by atoms with Gasteiger partial charge in [-0.3, -0.25) is 19.3 Å². The van der Waals surface area contributed by atoms with E-state index in [9.17, 15) is 14.4 Å². The molecule has 3 atom stereocenters. The highest BCUT2D eigenvalue weighted by atomic mass is 16.2. The van der Waals surface area contributed by atoms with Crippen molar-refractivity contribution in [2.45, 2.75) is 77.5 Å². The number of piperazine rings is 1. The smallest absolute Gasteiger partial charge is 0.246 e. The summed E-state index contributed by atoms with van der Waals surface area (Å²) in [6.07, 6.45) is 6.02. The van der Waals surface area contributed by atoms with E-state index in [-0.39, 0.29) is 23.6 Å². The fourth-order valence-electron chi connectivity index (χ4n) is 5.17. The second-order valence-electron chi connectivity index (χ2n) is 10.8. The van der Waals surface area contributed by atoms with Crippen LogP contribution in [0.1, 0.15) is 58.4 Å². The van der Waals surface area contributed by atoms with Crippen LogP contribution in [0.15, 0.2) is 30.3 Å². The first kappa shape index (κ1) is 28.1. The quantitative estimate of drug-likeness (QED) is 0.459. The lowest BCUT2D eigenvalue weighted by Crippen LogP contribution is -2.64. The predicted molar refractivity (Wildman–Crippen MR) is 142 cm³/mol. The van der Waals surface area contributed by atoms with Crippen molar-refractivity contribution in [3.63, 3.8) is 0 Å². The van der Waals surface area contributed by atoms with Crippen LogP contribution in [0.4, 0.5) is 0 Å². The molecule has 3 amide bonds. The Balaban J connectivity index is 1.74. The first-order valence-corrected chi connectivity index (χ1v) is 13.6. The van der Waals surface area contributed by atoms with Gasteiger partial charge in [0.05, 0.1) is 6.04 Å². The van der Waals surface area contributed by atoms with E-state index < -0.39 is 18.1 Å². The molecule has 1 aliphatic carbocycles. The monoisotopic (exact) mass is 499 g/mol. The van der Waals surface area contributed by atoms with Crippen molar-refractivity contribution in [3.05, 3.63) is 35.9 Å². The van der Waals surface area contributed by atoms with Crippen molar-refractivity contribution in [3.8, 4) is 0 Å². The van der Waals surface area contributed by atoms with Gasteiger partial charge in [0.2, 0.25) is 17.7 Å². The predicted octanol–water partition coefficient (Wildman–Crippen LogP) is 2.14. The third kappa shape index (κ3) is 7.77. The minimum atomic E-state index is -0.678. The van der Waals surface area contributed by atoms with Crippen LogP contribution >= 0.6 is 0 Å². The maximum absolute atomic E-state index is 13.8. The first-order chi connectivity index (χ1) is 17.3. The van der Waals surface area contributed by atoms with Crippen LogP contribution in [0.5, 0.6) is 0 Å². The summed E-state index contributed by atoms with van der Waals surface area (Å²) in [5.74, 6) is -0.0751. The summed E-state index contributed by atoms with van der Waals surface area (Å²) in [6.45, 7) is 8.63. The van der Waals surface area contributed by atoms with E-state index in [1.54, 1.807) is 18.9 Å². The van der Waals surface area contributed by atoms with E-state index >= 15 is 0 Å². The van der Waals surface area contributed by atoms with Gasteiger partial charge in [0.15, 0.2) is 0 Å². The molecule has 36 heavy (non-hydrogen) atoms. The largest absolute Gasteiger partial charge is 0.354 e. The lowest BCUT2D eigenvalue weighted by atomic mass is 9.89. The molecule has 2 aliphatic rings. The fraction of sp³-hybridized carbons (Fsp3) is 0.679. The van der Waals surface area contributed by atoms with Gasteiger partial charge in [0.1, 0.15) is 12.1 Å². The summed E-state index contributed by atoms with van der Waals surface area (Å²) in [7, 11) is 1.72. The molecule has 0 spiro atoms. The Morgan fingerprint density at radius 1 is 1.00 bits per heavy atom. The minimum absolute atomic E-state index is 0.0934. The maximum atomic E-state index is 13.8. The van der Waals surface area contributed by atoms with Gasteiger partial charge >= 0.3 is 0 Å². The van der Waals surface area contributed by atoms with Gasteiger partial charge in [-0.1, -0.05) is 63.4 Å². The number of nitrogens with one attached hydrogen (secondary N) is 3. The molecule has 0 radical (unpaired) electrons. The summed E-state index contributed by atoms with van der Waals surface area (Å²) in [4.78, 5) is 43.8. The van der Waals surface area contributed by atoms with Gasteiger partial charge < -0.3 is 20.9 Å². The number of carbonyl (C=O) groups excluding carboxylic acids is 3. The Kier molecular flexibility index (Phi) is 10.7. The van der Waals surface area contributed by atoms with Gasteiger partial charge in [-0.25, -0.2) is 0 Å². The molecule has 1 aromatic rings. The van der Waals surface area contributed by atoms with Crippen LogP contribution in [0.3, 0.4) is 0 Å². The molecule has 1 aliphatic heterocycles. The third-order valence-electron chi connectivity index (χ3n) is 7.65. The first-order valence-electron chi connectivity index (χ1n) is 13.6. The topological polar surface area (TPSA) is 93.8 Å². The van der Waals surface area contributed by atoms with Crippen LogP contribution in [-0.4, -0.2) is 78.9 Å². The Bertz CT molecular complexity index is 856. The number of nitrogens with zero attached hydrogens (tertiary/aromatic N) is 2. The van der Waals surface area contributed by atoms with Crippen LogP contribution < -0.4 is 16.0 Å². The van der Waals surface area contributed by atoms with Crippen LogP contribution in [0, 0.1) is 11.8 Å². The molecule has 1 saturated carbocycles. The van der Waals surface area contributed by atoms with E-state index in [0.717, 1.165) is 19.4 Å². The number of amides is 3. The summed E-state index contributed by atoms with van der Waals surface area (Å²) < 4.78 is 0. The molecule has 0 aromatic heterocycles. The van der Waals surface area contributed by atoms with E-state index in [1.165, 1.54) is 24.8 Å². The molecule has 1 aromatic carbocycles. The van der Waals surface area contributed by atoms with Crippen molar-refractivity contribution in [2.75, 3.05) is 33.2 Å². The van der Waals surface area contributed by atoms with Gasteiger partial charge in [0, 0.05) is 32.7 Å². The highest BCUT2D eigenvalue weighted by molar-refractivity contribution is 5.93. The third-order valence-corrected chi connectivity index (χ3v) is 7.65. The van der Waals surface area contributed by atoms with Gasteiger partial charge in [-0.2, -0.15) is 0 Å². The van der Waals surface area contributed by atoms with Gasteiger partial charge in [-0.15, -0.1) is 0 Å². The second-order valence-corrected chi connectivity index (χ2v) is 10.8. The van der Waals surface area contributed by atoms with E-state index in [4.69, 9.17) is 0 Å². The molecular formula is C28H45N5O3. The zero-order valence-electron chi connectivity index (χ0n) is 22.5. The number of likely N-dealkylation sites (N-methyl/N-ethyl adjacent to an activating group) is 1. The van der Waals surface area contributed by atoms with Crippen LogP contribution in [-0.2, 0) is 20.9 Å². The van der Waals surface area contributed by atoms with Crippen LogP contribution in [0.2, 0.25) is 0 Å². The van der Waals surface area contributed by atoms with Crippen LogP contribution in [0.25, 0.3) is 0 Å². The molecule has 200 valence electrons. The molecule has 8 nitrogen and oxygen atoms in total. The Hall–Kier alpha value is -2.45. The average molecular weight is 500 g/mol. The molecule has 0 bridgehead atoms. The molecule has 3 N–H and O–H groups in total. The Morgan fingerprint density at radius 2 is 1.69 bits per heavy atom. The highest BCUT2D eigenvalue weighted by Crippen LogP contribution is 2.23. The number of carbonyl (C=O) groups is 3. The lowest BCUT2D eigenvalue weighted by Gasteiger charge is -2.42. The van der Waals surface area contributed by atoms with Crippen molar-refractivity contribution < 1.29 is 14.4 Å². The number of benzene rings is 1. The average Bonchev–Trinajstić information content (AvgIpc) is 2.90. The molecule has 8 heteroatoms. The Labute approximate surface area is 216 Å². The van der Waals surface area contributed by atoms with Gasteiger partial charge in [0.25, 0.3) is 0 Å². The molecule has 2 fully saturated rings. The number of hydrogen-bond acceptors (Lipinski definition) is 5. The van der Waals surface area contributed by atoms with E-state index in [2.05, 4.69) is 33.0 Å². The standard InChI is InChI=1S/C28H45N5O3/c1-20(2)25(31-26(34)21(3)29-4)28(36)33-16-15-32(18-23-13-9-6-10-14-23)19-24(33)27(35)30-17-22-11-7-5-8-12-22/h6,9-10,13-14,20-22,24-25,29H,5,7-8,11-12,15-19H2,1-4H3,(H,30,35)(H,31,34)/t21-,24-,25-/m0/s1. The van der Waals surface area contributed by atoms with Crippen molar-refractivity contribution in [2.24, 2.45) is 11.8 Å². The zero-order chi connectivity index (χ0) is 26.1. The summed E-state index contributed by atoms with van der Waals surface area (Å²) >= 11 is 0. The van der Waals surface area contributed by atoms with Crippen molar-refractivity contribution >= 4 is 17.7 Å². The molecule has 0 unspecified atom stereocenters. The zero-order valence-corrected chi connectivity index (χ0v) is 22.5. The Morgan fingerprint density at radius 3 is 2.33 bits per heavy atom. The van der Waals surface area contributed by atoms with E-state index in [1.807, 2.05) is 32.0 Å². The normalized spacial score (nSPS) is 21.1. The lowest BCUT2D eigenvalue weighted by molar-refractivity contribution is -0.148. The van der Waals surface area contributed by atoms with Crippen molar-refractivity contribution in [1.82, 2.24) is 25.8 Å². The fourth-order valence-corrected chi connectivity index (χ4v) is 5.17. The summed E-state index contributed by atoms with van der Waals surface area (Å²) in [5.41, 5.74) is 1.19. The van der Waals surface area contributed by atoms with Gasteiger partial charge in [-0.05, 0) is 44.2 Å². The molecule has 3 rings (SSSR count). The minimum Gasteiger partial charge on any atom is -0.354 e. The summed E-state index contributed by atoms with van der Waals surface area (Å²) in [5, 5.41) is 9.01. The molecule has 1 saturated heterocycles.